The van der Waals surface area contributed by atoms with Crippen molar-refractivity contribution in [2.75, 3.05) is 37.7 Å². The van der Waals surface area contributed by atoms with Crippen LogP contribution in [-0.4, -0.2) is 46.3 Å². The number of ether oxygens (including phenoxy) is 1. The van der Waals surface area contributed by atoms with Gasteiger partial charge in [0.15, 0.2) is 0 Å². The van der Waals surface area contributed by atoms with Crippen molar-refractivity contribution in [2.24, 2.45) is 0 Å². The standard InChI is InChI=1S/C19H26N2O3S/c1-16-4-10-19(11-5-16)24-15-14-21(2)13-12-17-6-8-18(9-7-17)20-25(3,22)23/h4-11,20H,12-15H2,1-3H3. The molecule has 0 aliphatic heterocycles. The van der Waals surface area contributed by atoms with Gasteiger partial charge in [-0.05, 0) is 50.2 Å². The van der Waals surface area contributed by atoms with Gasteiger partial charge in [0.1, 0.15) is 12.4 Å². The summed E-state index contributed by atoms with van der Waals surface area (Å²) in [5, 5.41) is 0. The number of likely N-dealkylation sites (N-methyl/N-ethyl adjacent to an activating group) is 1. The monoisotopic (exact) mass is 362 g/mol. The van der Waals surface area contributed by atoms with Crippen molar-refractivity contribution < 1.29 is 13.2 Å². The van der Waals surface area contributed by atoms with Crippen LogP contribution in [0, 0.1) is 6.92 Å². The van der Waals surface area contributed by atoms with E-state index in [0.717, 1.165) is 31.5 Å². The van der Waals surface area contributed by atoms with E-state index < -0.39 is 10.0 Å². The summed E-state index contributed by atoms with van der Waals surface area (Å²) in [4.78, 5) is 2.22. The summed E-state index contributed by atoms with van der Waals surface area (Å²) in [7, 11) is -1.16. The second-order valence-electron chi connectivity index (χ2n) is 6.29. The molecule has 0 unspecified atom stereocenters. The first-order valence-corrected chi connectivity index (χ1v) is 10.2. The van der Waals surface area contributed by atoms with Crippen LogP contribution in [0.25, 0.3) is 0 Å². The first-order valence-electron chi connectivity index (χ1n) is 8.26. The van der Waals surface area contributed by atoms with Crippen molar-refractivity contribution in [1.82, 2.24) is 4.90 Å². The smallest absolute Gasteiger partial charge is 0.229 e. The first-order chi connectivity index (χ1) is 11.8. The molecule has 0 aromatic heterocycles. The summed E-state index contributed by atoms with van der Waals surface area (Å²) in [6.07, 6.45) is 2.05. The quantitative estimate of drug-likeness (QED) is 0.745. The molecule has 0 aliphatic carbocycles. The molecule has 0 fully saturated rings. The fourth-order valence-electron chi connectivity index (χ4n) is 2.34. The summed E-state index contributed by atoms with van der Waals surface area (Å²) in [6, 6.07) is 15.5. The van der Waals surface area contributed by atoms with Crippen molar-refractivity contribution in [3.05, 3.63) is 59.7 Å². The fraction of sp³-hybridized carbons (Fsp3) is 0.368. The van der Waals surface area contributed by atoms with E-state index >= 15 is 0 Å². The number of hydrogen-bond acceptors (Lipinski definition) is 4. The number of nitrogens with one attached hydrogen (secondary N) is 1. The minimum atomic E-state index is -3.22. The van der Waals surface area contributed by atoms with Crippen LogP contribution in [0.4, 0.5) is 5.69 Å². The maximum Gasteiger partial charge on any atom is 0.229 e. The van der Waals surface area contributed by atoms with E-state index in [0.29, 0.717) is 12.3 Å². The molecule has 0 saturated heterocycles. The van der Waals surface area contributed by atoms with Crippen LogP contribution in [-0.2, 0) is 16.4 Å². The lowest BCUT2D eigenvalue weighted by molar-refractivity contribution is 0.239. The minimum Gasteiger partial charge on any atom is -0.492 e. The molecular formula is C19H26N2O3S. The lowest BCUT2D eigenvalue weighted by atomic mass is 10.1. The summed E-state index contributed by atoms with van der Waals surface area (Å²) >= 11 is 0. The SMILES string of the molecule is Cc1ccc(OCCN(C)CCc2ccc(NS(C)(=O)=O)cc2)cc1. The Labute approximate surface area is 150 Å². The third-order valence-electron chi connectivity index (χ3n) is 3.80. The van der Waals surface area contributed by atoms with Crippen LogP contribution in [0.3, 0.4) is 0 Å². The number of rotatable bonds is 9. The highest BCUT2D eigenvalue weighted by Gasteiger charge is 2.03. The minimum absolute atomic E-state index is 0.589. The molecule has 0 saturated carbocycles. The molecule has 2 rings (SSSR count). The number of hydrogen-bond donors (Lipinski definition) is 1. The average Bonchev–Trinajstić information content (AvgIpc) is 2.55. The fourth-order valence-corrected chi connectivity index (χ4v) is 2.90. The highest BCUT2D eigenvalue weighted by molar-refractivity contribution is 7.92. The molecule has 6 heteroatoms. The maximum absolute atomic E-state index is 11.2. The molecule has 0 aliphatic rings. The van der Waals surface area contributed by atoms with Gasteiger partial charge in [0, 0.05) is 18.8 Å². The zero-order valence-electron chi connectivity index (χ0n) is 15.0. The van der Waals surface area contributed by atoms with Gasteiger partial charge in [-0.15, -0.1) is 0 Å². The normalized spacial score (nSPS) is 11.5. The summed E-state index contributed by atoms with van der Waals surface area (Å²) in [5.41, 5.74) is 2.98. The van der Waals surface area contributed by atoms with E-state index in [1.807, 2.05) is 36.4 Å². The highest BCUT2D eigenvalue weighted by atomic mass is 32.2. The van der Waals surface area contributed by atoms with Gasteiger partial charge in [-0.2, -0.15) is 0 Å². The zero-order chi connectivity index (χ0) is 18.3. The van der Waals surface area contributed by atoms with E-state index in [1.54, 1.807) is 12.1 Å². The summed E-state index contributed by atoms with van der Waals surface area (Å²) < 4.78 is 30.6. The average molecular weight is 362 g/mol. The Bertz CT molecular complexity index is 756. The molecule has 0 atom stereocenters. The number of anilines is 1. The maximum atomic E-state index is 11.2. The molecule has 0 bridgehead atoms. The molecule has 0 heterocycles. The predicted octanol–water partition coefficient (Wildman–Crippen LogP) is 2.92. The third kappa shape index (κ3) is 7.58. The van der Waals surface area contributed by atoms with Gasteiger partial charge >= 0.3 is 0 Å². The van der Waals surface area contributed by atoms with Crippen molar-refractivity contribution in [3.63, 3.8) is 0 Å². The summed E-state index contributed by atoms with van der Waals surface area (Å²) in [5.74, 6) is 0.896. The molecule has 25 heavy (non-hydrogen) atoms. The topological polar surface area (TPSA) is 58.6 Å². The predicted molar refractivity (Wildman–Crippen MR) is 103 cm³/mol. The Morgan fingerprint density at radius 2 is 1.64 bits per heavy atom. The van der Waals surface area contributed by atoms with E-state index in [-0.39, 0.29) is 0 Å². The Morgan fingerprint density at radius 3 is 2.24 bits per heavy atom. The Morgan fingerprint density at radius 1 is 1.00 bits per heavy atom. The van der Waals surface area contributed by atoms with E-state index in [4.69, 9.17) is 4.74 Å². The Balaban J connectivity index is 1.70. The van der Waals surface area contributed by atoms with Crippen LogP contribution in [0.15, 0.2) is 48.5 Å². The second-order valence-corrected chi connectivity index (χ2v) is 8.03. The lowest BCUT2D eigenvalue weighted by Crippen LogP contribution is -2.26. The largest absolute Gasteiger partial charge is 0.492 e. The molecule has 2 aromatic carbocycles. The van der Waals surface area contributed by atoms with Crippen LogP contribution in [0.1, 0.15) is 11.1 Å². The van der Waals surface area contributed by atoms with Crippen molar-refractivity contribution in [2.45, 2.75) is 13.3 Å². The van der Waals surface area contributed by atoms with Crippen LogP contribution in [0.2, 0.25) is 0 Å². The van der Waals surface area contributed by atoms with E-state index in [2.05, 4.69) is 23.6 Å². The third-order valence-corrected chi connectivity index (χ3v) is 4.41. The molecular weight excluding hydrogens is 336 g/mol. The molecule has 0 amide bonds. The molecule has 0 spiro atoms. The highest BCUT2D eigenvalue weighted by Crippen LogP contribution is 2.12. The van der Waals surface area contributed by atoms with Gasteiger partial charge in [-0.1, -0.05) is 29.8 Å². The van der Waals surface area contributed by atoms with Crippen LogP contribution >= 0.6 is 0 Å². The van der Waals surface area contributed by atoms with Gasteiger partial charge in [0.05, 0.1) is 6.26 Å². The Hall–Kier alpha value is -2.05. The number of nitrogens with zero attached hydrogens (tertiary/aromatic N) is 1. The van der Waals surface area contributed by atoms with Gasteiger partial charge < -0.3 is 9.64 Å². The van der Waals surface area contributed by atoms with Gasteiger partial charge in [0.25, 0.3) is 0 Å². The molecule has 1 N–H and O–H groups in total. The van der Waals surface area contributed by atoms with Crippen molar-refractivity contribution in [3.8, 4) is 5.75 Å². The zero-order valence-corrected chi connectivity index (χ0v) is 15.8. The second kappa shape index (κ2) is 8.87. The molecule has 2 aromatic rings. The number of benzene rings is 2. The van der Waals surface area contributed by atoms with E-state index in [1.165, 1.54) is 11.1 Å². The summed E-state index contributed by atoms with van der Waals surface area (Å²) in [6.45, 7) is 4.47. The van der Waals surface area contributed by atoms with Crippen molar-refractivity contribution >= 4 is 15.7 Å². The van der Waals surface area contributed by atoms with Crippen LogP contribution < -0.4 is 9.46 Å². The number of sulfonamides is 1. The van der Waals surface area contributed by atoms with Crippen molar-refractivity contribution in [1.29, 1.82) is 0 Å². The van der Waals surface area contributed by atoms with Crippen LogP contribution in [0.5, 0.6) is 5.75 Å². The van der Waals surface area contributed by atoms with Gasteiger partial charge in [-0.3, -0.25) is 4.72 Å². The Kier molecular flexibility index (Phi) is 6.84. The number of aryl methyl sites for hydroxylation is 1. The molecule has 5 nitrogen and oxygen atoms in total. The lowest BCUT2D eigenvalue weighted by Gasteiger charge is -2.17. The van der Waals surface area contributed by atoms with Gasteiger partial charge in [-0.25, -0.2) is 8.42 Å². The molecule has 136 valence electrons. The first kappa shape index (κ1) is 19.3. The molecule has 0 radical (unpaired) electrons. The van der Waals surface area contributed by atoms with Gasteiger partial charge in [0.2, 0.25) is 10.0 Å². The van der Waals surface area contributed by atoms with E-state index in [9.17, 15) is 8.42 Å².